The number of rotatable bonds is 5. The van der Waals surface area contributed by atoms with E-state index in [9.17, 15) is 15.2 Å². The number of nitrogens with one attached hydrogen (secondary N) is 1. The summed E-state index contributed by atoms with van der Waals surface area (Å²) >= 11 is 1.24. The molecule has 0 aliphatic carbocycles. The first-order valence-corrected chi connectivity index (χ1v) is 9.57. The molecule has 0 bridgehead atoms. The van der Waals surface area contributed by atoms with Gasteiger partial charge in [-0.15, -0.1) is 0 Å². The average Bonchev–Trinajstić information content (AvgIpc) is 3.10. The number of aromatic nitrogens is 1. The quantitative estimate of drug-likeness (QED) is 0.591. The van der Waals surface area contributed by atoms with Gasteiger partial charge in [0.15, 0.2) is 11.5 Å². The van der Waals surface area contributed by atoms with Crippen LogP contribution in [0.2, 0.25) is 0 Å². The molecule has 1 heterocycles. The molecule has 0 unspecified atom stereocenters. The van der Waals surface area contributed by atoms with Crippen LogP contribution in [0.25, 0.3) is 22.9 Å². The lowest BCUT2D eigenvalue weighted by Gasteiger charge is -2.04. The number of nitriles is 1. The molecule has 1 amide bonds. The molecule has 0 saturated carbocycles. The Morgan fingerprint density at radius 1 is 1.28 bits per heavy atom. The normalized spacial score (nSPS) is 11.0. The van der Waals surface area contributed by atoms with Crippen LogP contribution in [-0.4, -0.2) is 23.1 Å². The second-order valence-corrected chi connectivity index (χ2v) is 7.34. The van der Waals surface area contributed by atoms with Crippen molar-refractivity contribution in [2.45, 2.75) is 13.8 Å². The third-order valence-corrected chi connectivity index (χ3v) is 5.11. The molecule has 0 saturated heterocycles. The van der Waals surface area contributed by atoms with Gasteiger partial charge < -0.3 is 15.2 Å². The zero-order chi connectivity index (χ0) is 21.0. The smallest absolute Gasteiger partial charge is 0.221 e. The number of ether oxygens (including phenoxy) is 1. The number of phenolic OH excluding ortho intramolecular Hbond substituents is 1. The monoisotopic (exact) mass is 405 g/mol. The highest BCUT2D eigenvalue weighted by molar-refractivity contribution is 7.17. The van der Waals surface area contributed by atoms with Crippen molar-refractivity contribution in [1.29, 1.82) is 5.26 Å². The summed E-state index contributed by atoms with van der Waals surface area (Å²) in [5.41, 5.74) is 3.61. The number of thiazole rings is 1. The number of hydrogen-bond acceptors (Lipinski definition) is 6. The van der Waals surface area contributed by atoms with E-state index in [4.69, 9.17) is 4.74 Å². The SMILES string of the molecule is COc1cc(/C=C(\C#N)c2nc(-c3ccc(C)cc3)c(NC(C)=O)s2)ccc1O. The van der Waals surface area contributed by atoms with Crippen LogP contribution >= 0.6 is 11.3 Å². The summed E-state index contributed by atoms with van der Waals surface area (Å²) in [6.07, 6.45) is 1.66. The number of aromatic hydroxyl groups is 1. The lowest BCUT2D eigenvalue weighted by atomic mass is 10.1. The van der Waals surface area contributed by atoms with Crippen LogP contribution in [-0.2, 0) is 4.79 Å². The van der Waals surface area contributed by atoms with E-state index in [0.29, 0.717) is 32.6 Å². The molecule has 0 spiro atoms. The fourth-order valence-corrected chi connectivity index (χ4v) is 3.68. The van der Waals surface area contributed by atoms with Gasteiger partial charge in [0.1, 0.15) is 21.8 Å². The van der Waals surface area contributed by atoms with Crippen molar-refractivity contribution in [2.75, 3.05) is 12.4 Å². The number of carbonyl (C=O) groups excluding carboxylic acids is 1. The maximum Gasteiger partial charge on any atom is 0.221 e. The third-order valence-electron chi connectivity index (χ3n) is 4.11. The Bertz CT molecular complexity index is 1130. The summed E-state index contributed by atoms with van der Waals surface area (Å²) in [4.78, 5) is 16.3. The zero-order valence-electron chi connectivity index (χ0n) is 16.2. The van der Waals surface area contributed by atoms with Crippen molar-refractivity contribution in [1.82, 2.24) is 4.98 Å². The van der Waals surface area contributed by atoms with Gasteiger partial charge in [-0.2, -0.15) is 5.26 Å². The van der Waals surface area contributed by atoms with E-state index in [0.717, 1.165) is 11.1 Å². The van der Waals surface area contributed by atoms with Crippen LogP contribution in [0.5, 0.6) is 11.5 Å². The van der Waals surface area contributed by atoms with Crippen LogP contribution < -0.4 is 10.1 Å². The zero-order valence-corrected chi connectivity index (χ0v) is 17.0. The van der Waals surface area contributed by atoms with E-state index in [1.807, 2.05) is 31.2 Å². The maximum absolute atomic E-state index is 11.6. The number of phenols is 1. The molecule has 0 atom stereocenters. The van der Waals surface area contributed by atoms with Crippen LogP contribution in [0, 0.1) is 18.3 Å². The topological polar surface area (TPSA) is 95.2 Å². The molecule has 3 rings (SSSR count). The van der Waals surface area contributed by atoms with E-state index >= 15 is 0 Å². The van der Waals surface area contributed by atoms with Gasteiger partial charge >= 0.3 is 0 Å². The number of methoxy groups -OCH3 is 1. The lowest BCUT2D eigenvalue weighted by molar-refractivity contribution is -0.114. The Kier molecular flexibility index (Phi) is 5.96. The van der Waals surface area contributed by atoms with E-state index in [2.05, 4.69) is 16.4 Å². The number of carbonyl (C=O) groups is 1. The summed E-state index contributed by atoms with van der Waals surface area (Å²) in [5.74, 6) is 0.126. The Hall–Kier alpha value is -3.63. The molecular formula is C22H19N3O3S. The minimum Gasteiger partial charge on any atom is -0.504 e. The van der Waals surface area contributed by atoms with Crippen molar-refractivity contribution in [3.8, 4) is 28.8 Å². The number of amides is 1. The molecule has 6 nitrogen and oxygen atoms in total. The van der Waals surface area contributed by atoms with Gasteiger partial charge in [0.05, 0.1) is 12.7 Å². The van der Waals surface area contributed by atoms with Gasteiger partial charge in [-0.05, 0) is 30.7 Å². The number of allylic oxidation sites excluding steroid dienone is 1. The molecular weight excluding hydrogens is 386 g/mol. The first kappa shape index (κ1) is 20.1. The molecule has 7 heteroatoms. The van der Waals surface area contributed by atoms with E-state index in [1.165, 1.54) is 31.4 Å². The van der Waals surface area contributed by atoms with Crippen LogP contribution in [0.1, 0.15) is 23.1 Å². The molecule has 0 aliphatic heterocycles. The van der Waals surface area contributed by atoms with Crippen molar-refractivity contribution in [3.05, 3.63) is 58.6 Å². The Morgan fingerprint density at radius 3 is 2.62 bits per heavy atom. The molecule has 2 aromatic carbocycles. The number of hydrogen-bond donors (Lipinski definition) is 2. The second-order valence-electron chi connectivity index (χ2n) is 6.35. The van der Waals surface area contributed by atoms with E-state index in [1.54, 1.807) is 18.2 Å². The molecule has 146 valence electrons. The van der Waals surface area contributed by atoms with Crippen LogP contribution in [0.15, 0.2) is 42.5 Å². The Morgan fingerprint density at radius 2 is 2.00 bits per heavy atom. The fourth-order valence-electron chi connectivity index (χ4n) is 2.68. The number of anilines is 1. The first-order valence-electron chi connectivity index (χ1n) is 8.76. The second kappa shape index (κ2) is 8.59. The van der Waals surface area contributed by atoms with Gasteiger partial charge in [0, 0.05) is 12.5 Å². The largest absolute Gasteiger partial charge is 0.504 e. The predicted octanol–water partition coefficient (Wildman–Crippen LogP) is 4.86. The highest BCUT2D eigenvalue weighted by Crippen LogP contribution is 2.37. The lowest BCUT2D eigenvalue weighted by Crippen LogP contribution is -2.05. The maximum atomic E-state index is 11.6. The molecule has 0 radical (unpaired) electrons. The van der Waals surface area contributed by atoms with Gasteiger partial charge in [-0.25, -0.2) is 4.98 Å². The molecule has 3 aromatic rings. The minimum absolute atomic E-state index is 0.0204. The number of benzene rings is 2. The van der Waals surface area contributed by atoms with Crippen molar-refractivity contribution in [2.24, 2.45) is 0 Å². The van der Waals surface area contributed by atoms with Crippen LogP contribution in [0.3, 0.4) is 0 Å². The molecule has 2 N–H and O–H groups in total. The molecule has 1 aromatic heterocycles. The number of aryl methyl sites for hydroxylation is 1. The standard InChI is InChI=1S/C22H19N3O3S/c1-13-4-7-16(8-5-13)20-22(24-14(2)26)29-21(25-20)17(12-23)10-15-6-9-18(27)19(11-15)28-3/h4-11,27H,1-3H3,(H,24,26)/b17-10+. The van der Waals surface area contributed by atoms with E-state index in [-0.39, 0.29) is 11.7 Å². The molecule has 0 fully saturated rings. The average molecular weight is 405 g/mol. The van der Waals surface area contributed by atoms with Gasteiger partial charge in [0.2, 0.25) is 5.91 Å². The summed E-state index contributed by atoms with van der Waals surface area (Å²) in [6, 6.07) is 14.8. The summed E-state index contributed by atoms with van der Waals surface area (Å²) in [5, 5.41) is 23.3. The minimum atomic E-state index is -0.209. The van der Waals surface area contributed by atoms with Crippen LogP contribution in [0.4, 0.5) is 5.00 Å². The summed E-state index contributed by atoms with van der Waals surface area (Å²) in [6.45, 7) is 3.43. The van der Waals surface area contributed by atoms with Crippen molar-refractivity contribution >= 4 is 33.9 Å². The van der Waals surface area contributed by atoms with Crippen molar-refractivity contribution in [3.63, 3.8) is 0 Å². The third kappa shape index (κ3) is 4.62. The van der Waals surface area contributed by atoms with Crippen molar-refractivity contribution < 1.29 is 14.6 Å². The number of nitrogens with zero attached hydrogens (tertiary/aromatic N) is 2. The first-order chi connectivity index (χ1) is 13.9. The summed E-state index contributed by atoms with van der Waals surface area (Å²) < 4.78 is 5.12. The van der Waals surface area contributed by atoms with Gasteiger partial charge in [-0.1, -0.05) is 47.2 Å². The predicted molar refractivity (Wildman–Crippen MR) is 115 cm³/mol. The molecule has 0 aliphatic rings. The fraction of sp³-hybridized carbons (Fsp3) is 0.136. The Balaban J connectivity index is 2.07. The molecule has 29 heavy (non-hydrogen) atoms. The van der Waals surface area contributed by atoms with Gasteiger partial charge in [-0.3, -0.25) is 4.79 Å². The highest BCUT2D eigenvalue weighted by atomic mass is 32.1. The highest BCUT2D eigenvalue weighted by Gasteiger charge is 2.17. The van der Waals surface area contributed by atoms with Gasteiger partial charge in [0.25, 0.3) is 0 Å². The Labute approximate surface area is 172 Å². The van der Waals surface area contributed by atoms with E-state index < -0.39 is 0 Å². The summed E-state index contributed by atoms with van der Waals surface area (Å²) in [7, 11) is 1.46.